The molecule has 2 heterocycles. The fourth-order valence-electron chi connectivity index (χ4n) is 7.33. The van der Waals surface area contributed by atoms with Crippen LogP contribution in [0, 0.1) is 0 Å². The van der Waals surface area contributed by atoms with E-state index < -0.39 is 0 Å². The molecule has 0 N–H and O–H groups in total. The Bertz CT molecular complexity index is 2640. The van der Waals surface area contributed by atoms with Crippen LogP contribution in [0.25, 0.3) is 83.4 Å². The van der Waals surface area contributed by atoms with Crippen molar-refractivity contribution in [2.24, 2.45) is 0 Å². The van der Waals surface area contributed by atoms with Gasteiger partial charge in [-0.05, 0) is 106 Å². The number of hydrogen-bond acceptors (Lipinski definition) is 2. The van der Waals surface area contributed by atoms with E-state index in [2.05, 4.69) is 182 Å². The molecule has 0 bridgehead atoms. The Morgan fingerprint density at radius 3 is 1.88 bits per heavy atom. The van der Waals surface area contributed by atoms with E-state index in [0.717, 1.165) is 28.6 Å². The molecule has 9 aromatic rings. The topological polar surface area (TPSA) is 31.0 Å². The van der Waals surface area contributed by atoms with E-state index in [1.807, 2.05) is 0 Å². The van der Waals surface area contributed by atoms with Gasteiger partial charge in [-0.15, -0.1) is 0 Å². The van der Waals surface area contributed by atoms with Gasteiger partial charge >= 0.3 is 0 Å². The van der Waals surface area contributed by atoms with Gasteiger partial charge in [0.05, 0.1) is 11.0 Å². The van der Waals surface area contributed by atoms with Gasteiger partial charge in [-0.2, -0.15) is 0 Å². The van der Waals surface area contributed by atoms with Crippen LogP contribution in [-0.2, 0) is 0 Å². The summed E-state index contributed by atoms with van der Waals surface area (Å²) in [6.45, 7) is 4.46. The van der Waals surface area contributed by atoms with E-state index in [1.165, 1.54) is 60.9 Å². The Hall–Kier alpha value is -6.19. The SMILES string of the molecule is CCC(C)c1ccc2nc(-c3ccc(-c4ccccc4-c4ccccc4-c4ccc5c(c4)c4ccccc4n5-c4ccccc4)cc3)oc2c1. The average Bonchev–Trinajstić information content (AvgIpc) is 3.77. The molecule has 50 heavy (non-hydrogen) atoms. The van der Waals surface area contributed by atoms with Crippen LogP contribution in [0.1, 0.15) is 31.7 Å². The Morgan fingerprint density at radius 2 is 1.14 bits per heavy atom. The Kier molecular flexibility index (Phi) is 7.39. The van der Waals surface area contributed by atoms with Gasteiger partial charge < -0.3 is 8.98 Å². The lowest BCUT2D eigenvalue weighted by Gasteiger charge is -2.15. The molecule has 0 amide bonds. The number of para-hydroxylation sites is 2. The molecular weight excluding hydrogens is 609 g/mol. The number of rotatable bonds is 7. The zero-order valence-electron chi connectivity index (χ0n) is 28.2. The second-order valence-corrected chi connectivity index (χ2v) is 13.1. The summed E-state index contributed by atoms with van der Waals surface area (Å²) in [5.41, 5.74) is 14.7. The molecule has 0 aliphatic heterocycles. The maximum absolute atomic E-state index is 6.26. The molecule has 1 unspecified atom stereocenters. The third kappa shape index (κ3) is 5.10. The van der Waals surface area contributed by atoms with Crippen LogP contribution in [0.3, 0.4) is 0 Å². The molecule has 9 rings (SSSR count). The van der Waals surface area contributed by atoms with E-state index in [-0.39, 0.29) is 0 Å². The molecule has 3 nitrogen and oxygen atoms in total. The standard InChI is InChI=1S/C47H36N2O/c1-3-31(2)34-25-27-43-46(30-34)50-47(48-43)33-23-21-32(22-24-33)37-15-7-9-17-39(37)40-18-10-8-16-38(40)35-26-28-45-42(29-35)41-19-11-12-20-44(41)49(45)36-13-5-4-6-14-36/h4-31H,3H2,1-2H3. The van der Waals surface area contributed by atoms with Crippen molar-refractivity contribution >= 4 is 32.9 Å². The smallest absolute Gasteiger partial charge is 0.227 e. The average molecular weight is 645 g/mol. The number of aromatic nitrogens is 2. The molecule has 3 heteroatoms. The summed E-state index contributed by atoms with van der Waals surface area (Å²) >= 11 is 0. The molecule has 7 aromatic carbocycles. The lowest BCUT2D eigenvalue weighted by Crippen LogP contribution is -1.93. The summed E-state index contributed by atoms with van der Waals surface area (Å²) in [6, 6.07) is 58.7. The molecule has 0 radical (unpaired) electrons. The van der Waals surface area contributed by atoms with Crippen molar-refractivity contribution in [3.05, 3.63) is 169 Å². The minimum absolute atomic E-state index is 0.488. The molecule has 0 saturated carbocycles. The minimum atomic E-state index is 0.488. The van der Waals surface area contributed by atoms with Crippen molar-refractivity contribution in [1.29, 1.82) is 0 Å². The van der Waals surface area contributed by atoms with Crippen molar-refractivity contribution in [2.45, 2.75) is 26.2 Å². The normalized spacial score (nSPS) is 12.2. The highest BCUT2D eigenvalue weighted by molar-refractivity contribution is 6.11. The van der Waals surface area contributed by atoms with E-state index in [9.17, 15) is 0 Å². The summed E-state index contributed by atoms with van der Waals surface area (Å²) in [5.74, 6) is 1.14. The molecule has 2 aromatic heterocycles. The van der Waals surface area contributed by atoms with Crippen molar-refractivity contribution in [1.82, 2.24) is 9.55 Å². The second kappa shape index (κ2) is 12.4. The lowest BCUT2D eigenvalue weighted by atomic mass is 9.89. The monoisotopic (exact) mass is 644 g/mol. The first-order chi connectivity index (χ1) is 24.7. The predicted molar refractivity (Wildman–Crippen MR) is 209 cm³/mol. The summed E-state index contributed by atoms with van der Waals surface area (Å²) in [6.07, 6.45) is 1.09. The number of nitrogens with zero attached hydrogens (tertiary/aromatic N) is 2. The van der Waals surface area contributed by atoms with E-state index in [0.29, 0.717) is 11.8 Å². The predicted octanol–water partition coefficient (Wildman–Crippen LogP) is 13.1. The molecule has 0 spiro atoms. The molecule has 1 atom stereocenters. The van der Waals surface area contributed by atoms with Crippen LogP contribution in [0.4, 0.5) is 0 Å². The molecular formula is C47H36N2O. The molecule has 0 aliphatic carbocycles. The van der Waals surface area contributed by atoms with Gasteiger partial charge in [-0.25, -0.2) is 4.98 Å². The van der Waals surface area contributed by atoms with E-state index in [1.54, 1.807) is 0 Å². The van der Waals surface area contributed by atoms with Crippen molar-refractivity contribution in [3.8, 4) is 50.5 Å². The first-order valence-corrected chi connectivity index (χ1v) is 17.4. The van der Waals surface area contributed by atoms with Gasteiger partial charge in [0.15, 0.2) is 5.58 Å². The molecule has 0 saturated heterocycles. The Morgan fingerprint density at radius 1 is 0.540 bits per heavy atom. The quantitative estimate of drug-likeness (QED) is 0.173. The van der Waals surface area contributed by atoms with Crippen LogP contribution >= 0.6 is 0 Å². The highest BCUT2D eigenvalue weighted by Gasteiger charge is 2.17. The fourth-order valence-corrected chi connectivity index (χ4v) is 7.33. The van der Waals surface area contributed by atoms with Crippen LogP contribution in [0.15, 0.2) is 168 Å². The summed E-state index contributed by atoms with van der Waals surface area (Å²) in [4.78, 5) is 4.81. The van der Waals surface area contributed by atoms with Gasteiger partial charge in [-0.1, -0.05) is 123 Å². The maximum atomic E-state index is 6.26. The maximum Gasteiger partial charge on any atom is 0.227 e. The van der Waals surface area contributed by atoms with Crippen LogP contribution in [0.2, 0.25) is 0 Å². The summed E-state index contributed by atoms with van der Waals surface area (Å²) in [7, 11) is 0. The molecule has 0 aliphatic rings. The fraction of sp³-hybridized carbons (Fsp3) is 0.0851. The molecule has 240 valence electrons. The zero-order valence-corrected chi connectivity index (χ0v) is 28.2. The highest BCUT2D eigenvalue weighted by Crippen LogP contribution is 2.41. The lowest BCUT2D eigenvalue weighted by molar-refractivity contribution is 0.618. The van der Waals surface area contributed by atoms with Gasteiger partial charge in [-0.3, -0.25) is 0 Å². The highest BCUT2D eigenvalue weighted by atomic mass is 16.3. The van der Waals surface area contributed by atoms with Crippen molar-refractivity contribution < 1.29 is 4.42 Å². The number of fused-ring (bicyclic) bond motifs is 4. The third-order valence-corrected chi connectivity index (χ3v) is 10.2. The van der Waals surface area contributed by atoms with Gasteiger partial charge in [0.1, 0.15) is 5.52 Å². The van der Waals surface area contributed by atoms with Crippen LogP contribution in [-0.4, -0.2) is 9.55 Å². The minimum Gasteiger partial charge on any atom is -0.436 e. The van der Waals surface area contributed by atoms with Gasteiger partial charge in [0.25, 0.3) is 0 Å². The first-order valence-electron chi connectivity index (χ1n) is 17.4. The Labute approximate surface area is 292 Å². The first kappa shape index (κ1) is 29.9. The number of hydrogen-bond donors (Lipinski definition) is 0. The van der Waals surface area contributed by atoms with E-state index >= 15 is 0 Å². The van der Waals surface area contributed by atoms with Gasteiger partial charge in [0, 0.05) is 22.0 Å². The van der Waals surface area contributed by atoms with Crippen LogP contribution < -0.4 is 0 Å². The summed E-state index contributed by atoms with van der Waals surface area (Å²) in [5, 5.41) is 2.50. The third-order valence-electron chi connectivity index (χ3n) is 10.2. The molecule has 0 fully saturated rings. The van der Waals surface area contributed by atoms with E-state index in [4.69, 9.17) is 9.40 Å². The number of oxazole rings is 1. The zero-order chi connectivity index (χ0) is 33.6. The van der Waals surface area contributed by atoms with Crippen molar-refractivity contribution in [3.63, 3.8) is 0 Å². The largest absolute Gasteiger partial charge is 0.436 e. The Balaban J connectivity index is 1.11. The van der Waals surface area contributed by atoms with Gasteiger partial charge in [0.2, 0.25) is 5.89 Å². The second-order valence-electron chi connectivity index (χ2n) is 13.1. The van der Waals surface area contributed by atoms with Crippen LogP contribution in [0.5, 0.6) is 0 Å². The summed E-state index contributed by atoms with van der Waals surface area (Å²) < 4.78 is 8.63. The van der Waals surface area contributed by atoms with Crippen molar-refractivity contribution in [2.75, 3.05) is 0 Å². The number of benzene rings is 7.